The maximum atomic E-state index is 13.2. The lowest BCUT2D eigenvalue weighted by molar-refractivity contribution is -0.140. The Hall–Kier alpha value is -2.69. The summed E-state index contributed by atoms with van der Waals surface area (Å²) in [4.78, 5) is 27.6. The van der Waals surface area contributed by atoms with Gasteiger partial charge in [-0.15, -0.1) is 0 Å². The minimum absolute atomic E-state index is 0.163. The van der Waals surface area contributed by atoms with Gasteiger partial charge in [0.15, 0.2) is 0 Å². The van der Waals surface area contributed by atoms with Gasteiger partial charge in [-0.25, -0.2) is 0 Å². The van der Waals surface area contributed by atoms with Crippen LogP contribution in [0.2, 0.25) is 5.02 Å². The van der Waals surface area contributed by atoms with Crippen LogP contribution in [0.25, 0.3) is 10.8 Å². The van der Waals surface area contributed by atoms with E-state index in [0.717, 1.165) is 38.0 Å². The number of hydrogen-bond acceptors (Lipinski definition) is 3. The zero-order valence-electron chi connectivity index (χ0n) is 18.0. The summed E-state index contributed by atoms with van der Waals surface area (Å²) >= 11 is 6.29. The van der Waals surface area contributed by atoms with E-state index in [0.29, 0.717) is 17.9 Å². The van der Waals surface area contributed by atoms with Gasteiger partial charge in [-0.05, 0) is 78.4 Å². The van der Waals surface area contributed by atoms with Gasteiger partial charge in [0.1, 0.15) is 0 Å². The topological polar surface area (TPSA) is 49.4 Å². The Balaban J connectivity index is 1.34. The number of halogens is 1. The van der Waals surface area contributed by atoms with Crippen LogP contribution in [-0.4, -0.2) is 29.8 Å². The van der Waals surface area contributed by atoms with Gasteiger partial charge < -0.3 is 0 Å². The molecule has 3 aromatic carbocycles. The Morgan fingerprint density at radius 1 is 0.938 bits per heavy atom. The molecule has 2 aliphatic heterocycles. The van der Waals surface area contributed by atoms with Crippen molar-refractivity contribution in [1.82, 2.24) is 10.2 Å². The van der Waals surface area contributed by atoms with Crippen LogP contribution < -0.4 is 5.32 Å². The maximum absolute atomic E-state index is 13.2. The third kappa shape index (κ3) is 3.94. The Morgan fingerprint density at radius 3 is 2.47 bits per heavy atom. The number of nitrogens with one attached hydrogen (secondary N) is 1. The maximum Gasteiger partial charge on any atom is 0.237 e. The molecule has 3 aromatic rings. The monoisotopic (exact) mass is 446 g/mol. The second-order valence-electron chi connectivity index (χ2n) is 9.09. The summed E-state index contributed by atoms with van der Waals surface area (Å²) in [6.45, 7) is 2.77. The van der Waals surface area contributed by atoms with E-state index in [1.807, 2.05) is 24.3 Å². The SMILES string of the molecule is O=C1CC[C@@](c2cccc(Cl)c2)(C2CCN(Cc3ccc4ccccc4c3)CC2)C(=O)N1. The molecule has 164 valence electrons. The number of rotatable bonds is 4. The van der Waals surface area contributed by atoms with E-state index in [-0.39, 0.29) is 17.7 Å². The second-order valence-corrected chi connectivity index (χ2v) is 9.53. The third-order valence-electron chi connectivity index (χ3n) is 7.25. The van der Waals surface area contributed by atoms with Gasteiger partial charge in [0, 0.05) is 18.0 Å². The van der Waals surface area contributed by atoms with Crippen LogP contribution in [-0.2, 0) is 21.5 Å². The number of hydrogen-bond donors (Lipinski definition) is 1. The van der Waals surface area contributed by atoms with E-state index in [2.05, 4.69) is 52.7 Å². The van der Waals surface area contributed by atoms with Gasteiger partial charge in [0.25, 0.3) is 0 Å². The van der Waals surface area contributed by atoms with Gasteiger partial charge in [0.2, 0.25) is 11.8 Å². The quantitative estimate of drug-likeness (QED) is 0.568. The molecule has 5 heteroatoms. The first-order valence-electron chi connectivity index (χ1n) is 11.3. The minimum atomic E-state index is -0.687. The zero-order valence-corrected chi connectivity index (χ0v) is 18.8. The zero-order chi connectivity index (χ0) is 22.1. The van der Waals surface area contributed by atoms with Gasteiger partial charge in [-0.2, -0.15) is 0 Å². The van der Waals surface area contributed by atoms with E-state index < -0.39 is 5.41 Å². The highest BCUT2D eigenvalue weighted by Gasteiger charge is 2.50. The number of nitrogens with zero attached hydrogens (tertiary/aromatic N) is 1. The molecule has 0 spiro atoms. The molecule has 1 N–H and O–H groups in total. The van der Waals surface area contributed by atoms with E-state index >= 15 is 0 Å². The standard InChI is InChI=1S/C27H27ClN2O2/c28-24-7-3-6-23(17-24)27(13-10-25(31)29-26(27)32)22-11-14-30(15-12-22)18-19-8-9-20-4-1-2-5-21(20)16-19/h1-9,16-17,22H,10-15,18H2,(H,29,31,32)/t27-/m0/s1. The number of benzene rings is 3. The molecule has 5 rings (SSSR count). The van der Waals surface area contributed by atoms with E-state index in [4.69, 9.17) is 11.6 Å². The lowest BCUT2D eigenvalue weighted by Crippen LogP contribution is -2.57. The smallest absolute Gasteiger partial charge is 0.237 e. The van der Waals surface area contributed by atoms with E-state index in [1.54, 1.807) is 0 Å². The van der Waals surface area contributed by atoms with Crippen molar-refractivity contribution in [1.29, 1.82) is 0 Å². The average Bonchev–Trinajstić information content (AvgIpc) is 2.80. The minimum Gasteiger partial charge on any atom is -0.299 e. The van der Waals surface area contributed by atoms with Gasteiger partial charge in [-0.3, -0.25) is 19.8 Å². The molecule has 2 amide bonds. The first-order chi connectivity index (χ1) is 15.5. The van der Waals surface area contributed by atoms with Crippen LogP contribution in [0.4, 0.5) is 0 Å². The first-order valence-corrected chi connectivity index (χ1v) is 11.7. The van der Waals surface area contributed by atoms with Gasteiger partial charge >= 0.3 is 0 Å². The highest BCUT2D eigenvalue weighted by atomic mass is 35.5. The molecular weight excluding hydrogens is 420 g/mol. The summed E-state index contributed by atoms with van der Waals surface area (Å²) in [5, 5.41) is 5.77. The summed E-state index contributed by atoms with van der Waals surface area (Å²) < 4.78 is 0. The number of piperidine rings is 2. The molecule has 0 unspecified atom stereocenters. The molecule has 2 fully saturated rings. The van der Waals surface area contributed by atoms with Gasteiger partial charge in [-0.1, -0.05) is 60.1 Å². The fourth-order valence-electron chi connectivity index (χ4n) is 5.57. The number of carbonyl (C=O) groups excluding carboxylic acids is 2. The fraction of sp³-hybridized carbons (Fsp3) is 0.333. The molecule has 2 aliphatic rings. The third-order valence-corrected chi connectivity index (χ3v) is 7.48. The molecule has 0 saturated carbocycles. The summed E-state index contributed by atoms with van der Waals surface area (Å²) in [7, 11) is 0. The molecule has 2 heterocycles. The normalized spacial score (nSPS) is 22.8. The highest BCUT2D eigenvalue weighted by Crippen LogP contribution is 2.45. The number of carbonyl (C=O) groups is 2. The van der Waals surface area contributed by atoms with Crippen LogP contribution in [0, 0.1) is 5.92 Å². The van der Waals surface area contributed by atoms with Gasteiger partial charge in [0.05, 0.1) is 5.41 Å². The van der Waals surface area contributed by atoms with Crippen LogP contribution in [0.1, 0.15) is 36.8 Å². The second kappa shape index (κ2) is 8.68. The highest BCUT2D eigenvalue weighted by molar-refractivity contribution is 6.30. The van der Waals surface area contributed by atoms with Crippen molar-refractivity contribution >= 4 is 34.2 Å². The summed E-state index contributed by atoms with van der Waals surface area (Å²) in [6, 6.07) is 22.7. The fourth-order valence-corrected chi connectivity index (χ4v) is 5.76. The molecule has 1 atom stereocenters. The Labute approximate surface area is 193 Å². The predicted octanol–water partition coefficient (Wildman–Crippen LogP) is 5.08. The first kappa shape index (κ1) is 21.2. The van der Waals surface area contributed by atoms with E-state index in [9.17, 15) is 9.59 Å². The molecule has 32 heavy (non-hydrogen) atoms. The Morgan fingerprint density at radius 2 is 1.72 bits per heavy atom. The predicted molar refractivity (Wildman–Crippen MR) is 127 cm³/mol. The molecule has 0 bridgehead atoms. The number of imide groups is 1. The van der Waals surface area contributed by atoms with Crippen molar-refractivity contribution < 1.29 is 9.59 Å². The van der Waals surface area contributed by atoms with Crippen molar-refractivity contribution in [3.63, 3.8) is 0 Å². The molecule has 0 radical (unpaired) electrons. The molecule has 0 aromatic heterocycles. The van der Waals surface area contributed by atoms with Crippen molar-refractivity contribution in [2.24, 2.45) is 5.92 Å². The molecule has 0 aliphatic carbocycles. The Bertz CT molecular complexity index is 1170. The van der Waals surface area contributed by atoms with Crippen molar-refractivity contribution in [2.45, 2.75) is 37.6 Å². The molecule has 2 saturated heterocycles. The summed E-state index contributed by atoms with van der Waals surface area (Å²) in [5.74, 6) is -0.160. The summed E-state index contributed by atoms with van der Waals surface area (Å²) in [6.07, 6.45) is 2.76. The number of likely N-dealkylation sites (tertiary alicyclic amines) is 1. The largest absolute Gasteiger partial charge is 0.299 e. The number of fused-ring (bicyclic) bond motifs is 1. The summed E-state index contributed by atoms with van der Waals surface area (Å²) in [5.41, 5.74) is 1.56. The molecular formula is C27H27ClN2O2. The van der Waals surface area contributed by atoms with E-state index in [1.165, 1.54) is 16.3 Å². The number of amides is 2. The molecule has 4 nitrogen and oxygen atoms in total. The van der Waals surface area contributed by atoms with Crippen LogP contribution >= 0.6 is 11.6 Å². The Kier molecular flexibility index (Phi) is 5.75. The van der Waals surface area contributed by atoms with Crippen LogP contribution in [0.5, 0.6) is 0 Å². The van der Waals surface area contributed by atoms with Crippen molar-refractivity contribution in [3.8, 4) is 0 Å². The lowest BCUT2D eigenvalue weighted by Gasteiger charge is -2.45. The lowest BCUT2D eigenvalue weighted by atomic mass is 9.62. The van der Waals surface area contributed by atoms with Crippen LogP contribution in [0.3, 0.4) is 0 Å². The van der Waals surface area contributed by atoms with Crippen LogP contribution in [0.15, 0.2) is 66.7 Å². The van der Waals surface area contributed by atoms with Crippen molar-refractivity contribution in [3.05, 3.63) is 82.9 Å². The average molecular weight is 447 g/mol. The van der Waals surface area contributed by atoms with Crippen molar-refractivity contribution in [2.75, 3.05) is 13.1 Å².